The van der Waals surface area contributed by atoms with Crippen LogP contribution in [0.5, 0.6) is 5.75 Å². The number of aryl methyl sites for hydroxylation is 2. The summed E-state index contributed by atoms with van der Waals surface area (Å²) in [6.45, 7) is 4.16. The number of fused-ring (bicyclic) bond motifs is 3. The molecule has 0 aliphatic carbocycles. The summed E-state index contributed by atoms with van der Waals surface area (Å²) in [4.78, 5) is 10.7. The molecule has 0 aromatic heterocycles. The van der Waals surface area contributed by atoms with Crippen molar-refractivity contribution in [2.45, 2.75) is 32.5 Å². The quantitative estimate of drug-likeness (QED) is 0.369. The van der Waals surface area contributed by atoms with E-state index < -0.39 is 11.2 Å². The van der Waals surface area contributed by atoms with Crippen molar-refractivity contribution in [3.8, 4) is 5.75 Å². The Labute approximate surface area is 184 Å². The highest BCUT2D eigenvalue weighted by molar-refractivity contribution is 6.30. The SMILES string of the molecule is Cc1ccc(C)c(C2=NN3[C@H](C2)c2cc(Cl)ccc2O[C@H]3c2ccc([N+](=O)[O-])cc2)c1. The van der Waals surface area contributed by atoms with Crippen molar-refractivity contribution in [1.82, 2.24) is 5.01 Å². The van der Waals surface area contributed by atoms with Gasteiger partial charge in [-0.3, -0.25) is 10.1 Å². The molecular formula is C24H20ClN3O3. The van der Waals surface area contributed by atoms with Crippen molar-refractivity contribution < 1.29 is 9.66 Å². The molecule has 6 nitrogen and oxygen atoms in total. The van der Waals surface area contributed by atoms with Crippen LogP contribution in [0.25, 0.3) is 0 Å². The maximum atomic E-state index is 11.1. The summed E-state index contributed by atoms with van der Waals surface area (Å²) in [6.07, 6.45) is 0.242. The molecular weight excluding hydrogens is 414 g/mol. The van der Waals surface area contributed by atoms with E-state index in [1.54, 1.807) is 12.1 Å². The Hall–Kier alpha value is -3.38. The summed E-state index contributed by atoms with van der Waals surface area (Å²) >= 11 is 6.29. The maximum Gasteiger partial charge on any atom is 0.269 e. The Balaban J connectivity index is 1.60. The molecule has 0 N–H and O–H groups in total. The van der Waals surface area contributed by atoms with Crippen molar-refractivity contribution in [3.63, 3.8) is 0 Å². The van der Waals surface area contributed by atoms with Crippen LogP contribution in [0.1, 0.15) is 46.5 Å². The molecule has 3 aromatic rings. The van der Waals surface area contributed by atoms with E-state index in [2.05, 4.69) is 32.0 Å². The molecule has 2 heterocycles. The molecule has 0 bridgehead atoms. The summed E-state index contributed by atoms with van der Waals surface area (Å²) in [5.74, 6) is 0.756. The summed E-state index contributed by atoms with van der Waals surface area (Å²) in [6, 6.07) is 18.4. The van der Waals surface area contributed by atoms with E-state index in [1.807, 2.05) is 23.2 Å². The lowest BCUT2D eigenvalue weighted by Gasteiger charge is -2.38. The van der Waals surface area contributed by atoms with Crippen LogP contribution >= 0.6 is 11.6 Å². The van der Waals surface area contributed by atoms with Gasteiger partial charge in [0.05, 0.1) is 16.7 Å². The van der Waals surface area contributed by atoms with Gasteiger partial charge in [0, 0.05) is 40.3 Å². The van der Waals surface area contributed by atoms with Crippen LogP contribution in [-0.4, -0.2) is 15.6 Å². The average molecular weight is 434 g/mol. The van der Waals surface area contributed by atoms with E-state index >= 15 is 0 Å². The predicted octanol–water partition coefficient (Wildman–Crippen LogP) is 6.11. The highest BCUT2D eigenvalue weighted by atomic mass is 35.5. The second-order valence-corrected chi connectivity index (χ2v) is 8.40. The molecule has 2 aliphatic heterocycles. The number of hydrogen-bond acceptors (Lipinski definition) is 5. The van der Waals surface area contributed by atoms with Crippen LogP contribution in [0.2, 0.25) is 5.02 Å². The molecule has 31 heavy (non-hydrogen) atoms. The maximum absolute atomic E-state index is 11.1. The van der Waals surface area contributed by atoms with Crippen LogP contribution < -0.4 is 4.74 Å². The van der Waals surface area contributed by atoms with E-state index in [1.165, 1.54) is 23.3 Å². The number of rotatable bonds is 3. The van der Waals surface area contributed by atoms with Gasteiger partial charge in [-0.2, -0.15) is 5.10 Å². The lowest BCUT2D eigenvalue weighted by Crippen LogP contribution is -2.33. The third-order valence-electron chi connectivity index (χ3n) is 5.84. The molecule has 2 aliphatic rings. The van der Waals surface area contributed by atoms with Crippen molar-refractivity contribution in [1.29, 1.82) is 0 Å². The van der Waals surface area contributed by atoms with E-state index in [4.69, 9.17) is 21.4 Å². The molecule has 0 radical (unpaired) electrons. The Morgan fingerprint density at radius 2 is 1.87 bits per heavy atom. The molecule has 0 saturated heterocycles. The van der Waals surface area contributed by atoms with E-state index in [0.717, 1.165) is 34.6 Å². The average Bonchev–Trinajstić information content (AvgIpc) is 3.20. The molecule has 0 spiro atoms. The highest BCUT2D eigenvalue weighted by Gasteiger charge is 2.41. The number of ether oxygens (including phenoxy) is 1. The summed E-state index contributed by atoms with van der Waals surface area (Å²) in [5, 5.41) is 18.6. The first kappa shape index (κ1) is 19.6. The monoisotopic (exact) mass is 433 g/mol. The third kappa shape index (κ3) is 3.43. The lowest BCUT2D eigenvalue weighted by atomic mass is 9.93. The molecule has 0 saturated carbocycles. The predicted molar refractivity (Wildman–Crippen MR) is 120 cm³/mol. The van der Waals surface area contributed by atoms with Gasteiger partial charge in [-0.15, -0.1) is 0 Å². The number of benzene rings is 3. The van der Waals surface area contributed by atoms with Crippen LogP contribution in [0.15, 0.2) is 65.8 Å². The van der Waals surface area contributed by atoms with Gasteiger partial charge < -0.3 is 4.74 Å². The van der Waals surface area contributed by atoms with Crippen LogP contribution in [0, 0.1) is 24.0 Å². The van der Waals surface area contributed by atoms with Gasteiger partial charge in [0.1, 0.15) is 5.75 Å². The number of hydrazone groups is 1. The van der Waals surface area contributed by atoms with Gasteiger partial charge in [0.15, 0.2) is 0 Å². The Morgan fingerprint density at radius 1 is 1.10 bits per heavy atom. The normalized spacial score (nSPS) is 19.3. The second kappa shape index (κ2) is 7.39. The number of halogens is 1. The van der Waals surface area contributed by atoms with Gasteiger partial charge in [0.2, 0.25) is 6.23 Å². The summed E-state index contributed by atoms with van der Waals surface area (Å²) < 4.78 is 6.32. The fourth-order valence-electron chi connectivity index (χ4n) is 4.25. The van der Waals surface area contributed by atoms with Gasteiger partial charge in [-0.25, -0.2) is 5.01 Å². The van der Waals surface area contributed by atoms with Gasteiger partial charge in [-0.1, -0.05) is 29.3 Å². The number of non-ortho nitro benzene ring substituents is 1. The zero-order chi connectivity index (χ0) is 21.7. The standard InChI is InChI=1S/C24H20ClN3O3/c1-14-3-4-15(2)19(11-14)21-13-22-20-12-17(25)7-10-23(20)31-24(27(22)26-21)16-5-8-18(9-6-16)28(29)30/h3-12,22,24H,13H2,1-2H3/t22-,24+/m1/s1. The largest absolute Gasteiger partial charge is 0.464 e. The number of hydrogen-bond donors (Lipinski definition) is 0. The molecule has 0 fully saturated rings. The van der Waals surface area contributed by atoms with E-state index in [0.29, 0.717) is 5.02 Å². The zero-order valence-electron chi connectivity index (χ0n) is 17.1. The second-order valence-electron chi connectivity index (χ2n) is 7.97. The summed E-state index contributed by atoms with van der Waals surface area (Å²) in [5.41, 5.74) is 6.32. The Morgan fingerprint density at radius 3 is 2.61 bits per heavy atom. The van der Waals surface area contributed by atoms with Crippen molar-refractivity contribution in [2.75, 3.05) is 0 Å². The smallest absolute Gasteiger partial charge is 0.269 e. The third-order valence-corrected chi connectivity index (χ3v) is 6.08. The number of nitrogens with zero attached hydrogens (tertiary/aromatic N) is 3. The minimum atomic E-state index is -0.484. The zero-order valence-corrected chi connectivity index (χ0v) is 17.8. The Bertz CT molecular complexity index is 1220. The molecule has 5 rings (SSSR count). The summed E-state index contributed by atoms with van der Waals surface area (Å²) in [7, 11) is 0. The molecule has 156 valence electrons. The van der Waals surface area contributed by atoms with Gasteiger partial charge in [-0.05, 0) is 55.8 Å². The molecule has 3 aromatic carbocycles. The fourth-order valence-corrected chi connectivity index (χ4v) is 4.43. The van der Waals surface area contributed by atoms with Crippen LogP contribution in [0.4, 0.5) is 5.69 Å². The molecule has 0 amide bonds. The molecule has 0 unspecified atom stereocenters. The van der Waals surface area contributed by atoms with Gasteiger partial charge >= 0.3 is 0 Å². The minimum Gasteiger partial charge on any atom is -0.464 e. The topological polar surface area (TPSA) is 68.0 Å². The first-order chi connectivity index (χ1) is 14.9. The molecule has 2 atom stereocenters. The highest BCUT2D eigenvalue weighted by Crippen LogP contribution is 2.48. The molecule has 7 heteroatoms. The van der Waals surface area contributed by atoms with Crippen molar-refractivity contribution in [3.05, 3.63) is 104 Å². The van der Waals surface area contributed by atoms with Crippen LogP contribution in [0.3, 0.4) is 0 Å². The van der Waals surface area contributed by atoms with Crippen molar-refractivity contribution >= 4 is 23.0 Å². The Kier molecular flexibility index (Phi) is 4.67. The first-order valence-electron chi connectivity index (χ1n) is 10.0. The lowest BCUT2D eigenvalue weighted by molar-refractivity contribution is -0.384. The van der Waals surface area contributed by atoms with Gasteiger partial charge in [0.25, 0.3) is 5.69 Å². The number of nitro groups is 1. The fraction of sp³-hybridized carbons (Fsp3) is 0.208. The number of nitro benzene ring substituents is 1. The van der Waals surface area contributed by atoms with Crippen molar-refractivity contribution in [2.24, 2.45) is 5.10 Å². The van der Waals surface area contributed by atoms with E-state index in [-0.39, 0.29) is 11.7 Å². The minimum absolute atomic E-state index is 0.0300. The van der Waals surface area contributed by atoms with E-state index in [9.17, 15) is 10.1 Å². The van der Waals surface area contributed by atoms with Crippen LogP contribution in [-0.2, 0) is 0 Å². The first-order valence-corrected chi connectivity index (χ1v) is 10.4.